The number of benzene rings is 1. The molecule has 0 heterocycles. The molecule has 0 aliphatic heterocycles. The van der Waals surface area contributed by atoms with Crippen LogP contribution in [-0.4, -0.2) is 5.78 Å². The summed E-state index contributed by atoms with van der Waals surface area (Å²) in [6, 6.07) is 8.51. The van der Waals surface area contributed by atoms with E-state index in [0.29, 0.717) is 17.6 Å². The first-order valence-corrected chi connectivity index (χ1v) is 5.24. The molecule has 0 aromatic heterocycles. The van der Waals surface area contributed by atoms with Gasteiger partial charge in [0.1, 0.15) is 5.78 Å². The monoisotopic (exact) mass is 186 g/mol. The van der Waals surface area contributed by atoms with Gasteiger partial charge in [-0.05, 0) is 17.5 Å². The van der Waals surface area contributed by atoms with Crippen LogP contribution in [0, 0.1) is 11.3 Å². The standard InChI is InChI=1S/C13H14O/c1-13(2)11-9-6-4-3-5-8(9)7-10(11)12(13)14/h3-6,10-11H,7H2,1-2H3. The summed E-state index contributed by atoms with van der Waals surface area (Å²) in [5, 5.41) is 0. The molecular formula is C13H14O. The van der Waals surface area contributed by atoms with Crippen molar-refractivity contribution in [1.29, 1.82) is 0 Å². The van der Waals surface area contributed by atoms with Gasteiger partial charge in [-0.1, -0.05) is 38.1 Å². The fraction of sp³-hybridized carbons (Fsp3) is 0.462. The minimum absolute atomic E-state index is 0.114. The highest BCUT2D eigenvalue weighted by Gasteiger charge is 2.59. The number of hydrogen-bond donors (Lipinski definition) is 0. The van der Waals surface area contributed by atoms with Gasteiger partial charge in [-0.25, -0.2) is 0 Å². The van der Waals surface area contributed by atoms with Gasteiger partial charge in [-0.15, -0.1) is 0 Å². The molecule has 3 rings (SSSR count). The van der Waals surface area contributed by atoms with Crippen molar-refractivity contribution in [1.82, 2.24) is 0 Å². The lowest BCUT2D eigenvalue weighted by atomic mass is 9.55. The number of Topliss-reactive ketones (excluding diaryl/α,β-unsaturated/α-hetero) is 1. The fourth-order valence-electron chi connectivity index (χ4n) is 3.27. The Bertz CT molecular complexity index is 417. The van der Waals surface area contributed by atoms with Gasteiger partial charge < -0.3 is 0 Å². The summed E-state index contributed by atoms with van der Waals surface area (Å²) >= 11 is 0. The lowest BCUT2D eigenvalue weighted by Gasteiger charge is -2.46. The van der Waals surface area contributed by atoms with Crippen molar-refractivity contribution in [2.75, 3.05) is 0 Å². The Morgan fingerprint density at radius 3 is 2.79 bits per heavy atom. The summed E-state index contributed by atoms with van der Waals surface area (Å²) < 4.78 is 0. The smallest absolute Gasteiger partial charge is 0.143 e. The Hall–Kier alpha value is -1.11. The number of carbonyl (C=O) groups is 1. The molecule has 1 aromatic rings. The predicted molar refractivity (Wildman–Crippen MR) is 55.2 cm³/mol. The predicted octanol–water partition coefficient (Wildman–Crippen LogP) is 2.55. The number of fused-ring (bicyclic) bond motifs is 3. The quantitative estimate of drug-likeness (QED) is 0.608. The van der Waals surface area contributed by atoms with Gasteiger partial charge in [0, 0.05) is 17.3 Å². The average molecular weight is 186 g/mol. The summed E-state index contributed by atoms with van der Waals surface area (Å²) in [6.45, 7) is 4.16. The van der Waals surface area contributed by atoms with Crippen LogP contribution >= 0.6 is 0 Å². The fourth-order valence-corrected chi connectivity index (χ4v) is 3.27. The third kappa shape index (κ3) is 0.742. The molecule has 0 N–H and O–H groups in total. The van der Waals surface area contributed by atoms with Crippen LogP contribution < -0.4 is 0 Å². The van der Waals surface area contributed by atoms with Crippen LogP contribution in [0.25, 0.3) is 0 Å². The molecule has 1 aromatic carbocycles. The molecule has 1 nitrogen and oxygen atoms in total. The summed E-state index contributed by atoms with van der Waals surface area (Å²) in [5.74, 6) is 1.24. The highest BCUT2D eigenvalue weighted by molar-refractivity contribution is 5.96. The number of ketones is 1. The molecule has 0 bridgehead atoms. The maximum absolute atomic E-state index is 11.8. The van der Waals surface area contributed by atoms with E-state index < -0.39 is 0 Å². The molecule has 2 atom stereocenters. The largest absolute Gasteiger partial charge is 0.299 e. The van der Waals surface area contributed by atoms with E-state index in [9.17, 15) is 4.79 Å². The molecule has 2 aliphatic carbocycles. The van der Waals surface area contributed by atoms with Crippen molar-refractivity contribution in [3.05, 3.63) is 35.4 Å². The molecule has 0 radical (unpaired) electrons. The van der Waals surface area contributed by atoms with Crippen molar-refractivity contribution < 1.29 is 4.79 Å². The van der Waals surface area contributed by atoms with Gasteiger partial charge in [0.2, 0.25) is 0 Å². The normalized spacial score (nSPS) is 32.0. The Kier molecular flexibility index (Phi) is 1.34. The second-order valence-electron chi connectivity index (χ2n) is 5.07. The van der Waals surface area contributed by atoms with Gasteiger partial charge >= 0.3 is 0 Å². The van der Waals surface area contributed by atoms with Crippen LogP contribution in [0.15, 0.2) is 24.3 Å². The van der Waals surface area contributed by atoms with Crippen LogP contribution in [0.3, 0.4) is 0 Å². The zero-order valence-electron chi connectivity index (χ0n) is 8.58. The molecule has 0 spiro atoms. The minimum atomic E-state index is -0.114. The first kappa shape index (κ1) is 8.22. The van der Waals surface area contributed by atoms with Gasteiger partial charge in [0.15, 0.2) is 0 Å². The Labute approximate surface area is 84.1 Å². The Morgan fingerprint density at radius 2 is 2.00 bits per heavy atom. The summed E-state index contributed by atoms with van der Waals surface area (Å²) in [7, 11) is 0. The Morgan fingerprint density at radius 1 is 1.29 bits per heavy atom. The van der Waals surface area contributed by atoms with E-state index in [1.807, 2.05) is 0 Å². The van der Waals surface area contributed by atoms with Crippen LogP contribution in [0.4, 0.5) is 0 Å². The lowest BCUT2D eigenvalue weighted by Crippen LogP contribution is -2.50. The van der Waals surface area contributed by atoms with Gasteiger partial charge in [-0.3, -0.25) is 4.79 Å². The third-order valence-corrected chi connectivity index (χ3v) is 3.98. The molecule has 14 heavy (non-hydrogen) atoms. The van der Waals surface area contributed by atoms with Crippen LogP contribution in [0.2, 0.25) is 0 Å². The second-order valence-corrected chi connectivity index (χ2v) is 5.07. The van der Waals surface area contributed by atoms with Crippen LogP contribution in [0.5, 0.6) is 0 Å². The van der Waals surface area contributed by atoms with Gasteiger partial charge in [0.25, 0.3) is 0 Å². The number of hydrogen-bond acceptors (Lipinski definition) is 1. The average Bonchev–Trinajstić information content (AvgIpc) is 2.54. The van der Waals surface area contributed by atoms with Crippen LogP contribution in [0.1, 0.15) is 30.9 Å². The summed E-state index contributed by atoms with van der Waals surface area (Å²) in [4.78, 5) is 11.8. The first-order chi connectivity index (χ1) is 6.62. The highest BCUT2D eigenvalue weighted by atomic mass is 16.1. The molecule has 2 unspecified atom stereocenters. The molecular weight excluding hydrogens is 172 g/mol. The third-order valence-electron chi connectivity index (χ3n) is 3.98. The van der Waals surface area contributed by atoms with Gasteiger partial charge in [-0.2, -0.15) is 0 Å². The van der Waals surface area contributed by atoms with E-state index in [-0.39, 0.29) is 5.41 Å². The van der Waals surface area contributed by atoms with E-state index >= 15 is 0 Å². The molecule has 1 fully saturated rings. The summed E-state index contributed by atoms with van der Waals surface area (Å²) in [5.41, 5.74) is 2.70. The zero-order valence-corrected chi connectivity index (χ0v) is 8.58. The van der Waals surface area contributed by atoms with Crippen LogP contribution in [-0.2, 0) is 11.2 Å². The second kappa shape index (κ2) is 2.28. The molecule has 72 valence electrons. The van der Waals surface area contributed by atoms with Crippen molar-refractivity contribution in [3.63, 3.8) is 0 Å². The zero-order chi connectivity index (χ0) is 9.92. The number of rotatable bonds is 0. The maximum atomic E-state index is 11.8. The van der Waals surface area contributed by atoms with Crippen molar-refractivity contribution in [2.45, 2.75) is 26.2 Å². The van der Waals surface area contributed by atoms with Crippen molar-refractivity contribution in [2.24, 2.45) is 11.3 Å². The highest BCUT2D eigenvalue weighted by Crippen LogP contribution is 2.59. The number of carbonyl (C=O) groups excluding carboxylic acids is 1. The molecule has 2 aliphatic rings. The molecule has 0 saturated heterocycles. The minimum Gasteiger partial charge on any atom is -0.299 e. The van der Waals surface area contributed by atoms with E-state index in [0.717, 1.165) is 6.42 Å². The maximum Gasteiger partial charge on any atom is 0.143 e. The van der Waals surface area contributed by atoms with Crippen molar-refractivity contribution >= 4 is 5.78 Å². The lowest BCUT2D eigenvalue weighted by molar-refractivity contribution is -0.145. The Balaban J connectivity index is 2.13. The SMILES string of the molecule is CC1(C)C(=O)C2Cc3ccccc3C21. The van der Waals surface area contributed by atoms with Crippen molar-refractivity contribution in [3.8, 4) is 0 Å². The van der Waals surface area contributed by atoms with E-state index in [1.54, 1.807) is 0 Å². The topological polar surface area (TPSA) is 17.1 Å². The molecule has 1 saturated carbocycles. The van der Waals surface area contributed by atoms with Gasteiger partial charge in [0.05, 0.1) is 0 Å². The molecule has 1 heteroatoms. The first-order valence-electron chi connectivity index (χ1n) is 5.24. The molecule has 0 amide bonds. The summed E-state index contributed by atoms with van der Waals surface area (Å²) in [6.07, 6.45) is 0.975. The van der Waals surface area contributed by atoms with E-state index in [1.165, 1.54) is 11.1 Å². The van der Waals surface area contributed by atoms with E-state index in [2.05, 4.69) is 38.1 Å². The van der Waals surface area contributed by atoms with E-state index in [4.69, 9.17) is 0 Å².